The van der Waals surface area contributed by atoms with Gasteiger partial charge in [-0.05, 0) is 13.0 Å². The molecule has 1 saturated heterocycles. The van der Waals surface area contributed by atoms with Gasteiger partial charge < -0.3 is 15.4 Å². The number of nitrogens with zero attached hydrogens (tertiary/aromatic N) is 2. The van der Waals surface area contributed by atoms with Gasteiger partial charge in [-0.2, -0.15) is 0 Å². The van der Waals surface area contributed by atoms with Crippen LogP contribution in [0.25, 0.3) is 0 Å². The minimum absolute atomic E-state index is 0.0139. The number of amides is 1. The van der Waals surface area contributed by atoms with Crippen molar-refractivity contribution in [2.24, 2.45) is 0 Å². The van der Waals surface area contributed by atoms with Crippen LogP contribution in [-0.4, -0.2) is 41.7 Å². The molecule has 2 N–H and O–H groups in total. The predicted octanol–water partition coefficient (Wildman–Crippen LogP) is -0.220. The number of rotatable bonds is 4. The predicted molar refractivity (Wildman–Crippen MR) is 65.8 cm³/mol. The van der Waals surface area contributed by atoms with Crippen molar-refractivity contribution in [3.05, 3.63) is 23.8 Å². The Hall–Kier alpha value is -1.53. The Morgan fingerprint density at radius 3 is 3.28 bits per heavy atom. The summed E-state index contributed by atoms with van der Waals surface area (Å²) in [4.78, 5) is 19.9. The van der Waals surface area contributed by atoms with Crippen LogP contribution in [0.3, 0.4) is 0 Å². The summed E-state index contributed by atoms with van der Waals surface area (Å²) in [6, 6.07) is 1.80. The van der Waals surface area contributed by atoms with E-state index in [2.05, 4.69) is 20.6 Å². The molecule has 1 aliphatic rings. The van der Waals surface area contributed by atoms with Gasteiger partial charge in [-0.15, -0.1) is 0 Å². The van der Waals surface area contributed by atoms with Crippen molar-refractivity contribution in [1.82, 2.24) is 20.6 Å². The monoisotopic (exact) mass is 250 g/mol. The number of carbonyl (C=O) groups excluding carboxylic acids is 1. The number of hydrogen-bond donors (Lipinski definition) is 2. The van der Waals surface area contributed by atoms with Crippen molar-refractivity contribution >= 4 is 5.91 Å². The minimum atomic E-state index is -0.0223. The third-order valence-corrected chi connectivity index (χ3v) is 2.72. The first-order valence-corrected chi connectivity index (χ1v) is 6.11. The van der Waals surface area contributed by atoms with Crippen molar-refractivity contribution in [2.45, 2.75) is 26.0 Å². The molecule has 6 nitrogen and oxygen atoms in total. The van der Waals surface area contributed by atoms with Gasteiger partial charge in [0.25, 0.3) is 0 Å². The number of aromatic nitrogens is 2. The van der Waals surface area contributed by atoms with E-state index < -0.39 is 0 Å². The molecule has 0 bridgehead atoms. The van der Waals surface area contributed by atoms with Crippen LogP contribution in [0.4, 0.5) is 0 Å². The molecule has 1 unspecified atom stereocenters. The summed E-state index contributed by atoms with van der Waals surface area (Å²) >= 11 is 0. The lowest BCUT2D eigenvalue weighted by atomic mass is 10.2. The maximum atomic E-state index is 11.7. The van der Waals surface area contributed by atoms with E-state index in [1.165, 1.54) is 0 Å². The van der Waals surface area contributed by atoms with E-state index in [4.69, 9.17) is 4.74 Å². The van der Waals surface area contributed by atoms with Crippen molar-refractivity contribution in [3.63, 3.8) is 0 Å². The highest BCUT2D eigenvalue weighted by molar-refractivity contribution is 5.76. The molecule has 1 aliphatic heterocycles. The fourth-order valence-electron chi connectivity index (χ4n) is 1.82. The molecule has 98 valence electrons. The fourth-order valence-corrected chi connectivity index (χ4v) is 1.82. The van der Waals surface area contributed by atoms with Gasteiger partial charge >= 0.3 is 0 Å². The number of nitrogens with one attached hydrogen (secondary N) is 2. The van der Waals surface area contributed by atoms with Gasteiger partial charge in [0, 0.05) is 19.3 Å². The van der Waals surface area contributed by atoms with Crippen LogP contribution < -0.4 is 10.6 Å². The Kier molecular flexibility index (Phi) is 4.60. The van der Waals surface area contributed by atoms with Crippen LogP contribution in [-0.2, 0) is 16.1 Å². The topological polar surface area (TPSA) is 76.1 Å². The second-order valence-electron chi connectivity index (χ2n) is 4.27. The van der Waals surface area contributed by atoms with E-state index in [9.17, 15) is 4.79 Å². The van der Waals surface area contributed by atoms with E-state index >= 15 is 0 Å². The number of ether oxygens (including phenoxy) is 1. The van der Waals surface area contributed by atoms with Crippen molar-refractivity contribution in [2.75, 3.05) is 19.7 Å². The van der Waals surface area contributed by atoms with Crippen molar-refractivity contribution in [1.29, 1.82) is 0 Å². The van der Waals surface area contributed by atoms with Gasteiger partial charge in [0.1, 0.15) is 5.82 Å². The summed E-state index contributed by atoms with van der Waals surface area (Å²) in [5, 5.41) is 6.03. The van der Waals surface area contributed by atoms with Crippen LogP contribution in [0, 0.1) is 6.92 Å². The number of aryl methyl sites for hydroxylation is 1. The van der Waals surface area contributed by atoms with Gasteiger partial charge in [0.2, 0.25) is 5.91 Å². The lowest BCUT2D eigenvalue weighted by Crippen LogP contribution is -2.41. The quantitative estimate of drug-likeness (QED) is 0.772. The second kappa shape index (κ2) is 6.42. The number of carbonyl (C=O) groups is 1. The van der Waals surface area contributed by atoms with Crippen molar-refractivity contribution in [3.8, 4) is 0 Å². The van der Waals surface area contributed by atoms with Crippen molar-refractivity contribution < 1.29 is 9.53 Å². The summed E-state index contributed by atoms with van der Waals surface area (Å²) in [5.41, 5.74) is 0.818. The minimum Gasteiger partial charge on any atom is -0.375 e. The Morgan fingerprint density at radius 1 is 1.67 bits per heavy atom. The van der Waals surface area contributed by atoms with Gasteiger partial charge in [-0.1, -0.05) is 0 Å². The van der Waals surface area contributed by atoms with Gasteiger partial charge in [0.15, 0.2) is 0 Å². The van der Waals surface area contributed by atoms with Crippen LogP contribution in [0.1, 0.15) is 17.9 Å². The van der Waals surface area contributed by atoms with E-state index in [1.54, 1.807) is 12.3 Å². The first-order chi connectivity index (χ1) is 8.74. The average molecular weight is 250 g/mol. The third-order valence-electron chi connectivity index (χ3n) is 2.72. The molecule has 1 fully saturated rings. The van der Waals surface area contributed by atoms with Crippen LogP contribution >= 0.6 is 0 Å². The molecule has 6 heteroatoms. The fraction of sp³-hybridized carbons (Fsp3) is 0.583. The highest BCUT2D eigenvalue weighted by Gasteiger charge is 2.16. The van der Waals surface area contributed by atoms with Crippen LogP contribution in [0.2, 0.25) is 0 Å². The first-order valence-electron chi connectivity index (χ1n) is 6.11. The molecule has 1 aromatic heterocycles. The van der Waals surface area contributed by atoms with Gasteiger partial charge in [0.05, 0.1) is 31.4 Å². The second-order valence-corrected chi connectivity index (χ2v) is 4.27. The zero-order valence-electron chi connectivity index (χ0n) is 10.5. The molecular formula is C12H18N4O2. The molecule has 0 spiro atoms. The molecule has 0 saturated carbocycles. The maximum Gasteiger partial charge on any atom is 0.222 e. The Morgan fingerprint density at radius 2 is 2.56 bits per heavy atom. The highest BCUT2D eigenvalue weighted by atomic mass is 16.5. The smallest absolute Gasteiger partial charge is 0.222 e. The molecule has 2 rings (SSSR count). The molecule has 1 aromatic rings. The van der Waals surface area contributed by atoms with E-state index in [1.807, 2.05) is 6.92 Å². The SMILES string of the molecule is Cc1nccc(CNC(=O)CC2CNCCO2)n1. The summed E-state index contributed by atoms with van der Waals surface area (Å²) in [6.07, 6.45) is 2.06. The number of hydrogen-bond acceptors (Lipinski definition) is 5. The Labute approximate surface area is 106 Å². The maximum absolute atomic E-state index is 11.7. The normalized spacial score (nSPS) is 19.5. The zero-order chi connectivity index (χ0) is 12.8. The Balaban J connectivity index is 1.74. The highest BCUT2D eigenvalue weighted by Crippen LogP contribution is 2.01. The van der Waals surface area contributed by atoms with E-state index in [0.717, 1.165) is 18.8 Å². The largest absolute Gasteiger partial charge is 0.375 e. The third kappa shape index (κ3) is 4.05. The zero-order valence-corrected chi connectivity index (χ0v) is 10.5. The molecule has 1 amide bonds. The molecule has 0 radical (unpaired) electrons. The average Bonchev–Trinajstić information content (AvgIpc) is 2.38. The van der Waals surface area contributed by atoms with Gasteiger partial charge in [-0.25, -0.2) is 9.97 Å². The molecule has 0 aliphatic carbocycles. The van der Waals surface area contributed by atoms with Crippen LogP contribution in [0.15, 0.2) is 12.3 Å². The summed E-state index contributed by atoms with van der Waals surface area (Å²) in [7, 11) is 0. The lowest BCUT2D eigenvalue weighted by Gasteiger charge is -2.22. The van der Waals surface area contributed by atoms with E-state index in [-0.39, 0.29) is 12.0 Å². The summed E-state index contributed by atoms with van der Waals surface area (Å²) in [5.74, 6) is 0.696. The molecule has 18 heavy (non-hydrogen) atoms. The molecule has 1 atom stereocenters. The first kappa shape index (κ1) is 12.9. The Bertz CT molecular complexity index is 405. The molecule has 0 aromatic carbocycles. The molecular weight excluding hydrogens is 232 g/mol. The lowest BCUT2D eigenvalue weighted by molar-refractivity contribution is -0.124. The standard InChI is InChI=1S/C12H18N4O2/c1-9-14-3-2-10(16-9)7-15-12(17)6-11-8-13-4-5-18-11/h2-3,11,13H,4-8H2,1H3,(H,15,17). The summed E-state index contributed by atoms with van der Waals surface area (Å²) < 4.78 is 5.47. The molecule has 2 heterocycles. The van der Waals surface area contributed by atoms with E-state index in [0.29, 0.717) is 25.4 Å². The van der Waals surface area contributed by atoms with Crippen LogP contribution in [0.5, 0.6) is 0 Å². The summed E-state index contributed by atoms with van der Waals surface area (Å²) in [6.45, 7) is 4.52. The number of morpholine rings is 1. The van der Waals surface area contributed by atoms with Gasteiger partial charge in [-0.3, -0.25) is 4.79 Å².